The summed E-state index contributed by atoms with van der Waals surface area (Å²) in [6.45, 7) is -0.148. The molecule has 0 fully saturated rings. The third-order valence-electron chi connectivity index (χ3n) is 4.69. The zero-order chi connectivity index (χ0) is 23.0. The number of amides is 2. The molecule has 164 valence electrons. The molecule has 0 aliphatic rings. The molecule has 0 bridgehead atoms. The Hall–Kier alpha value is -4.23. The highest BCUT2D eigenvalue weighted by molar-refractivity contribution is 6.30. The van der Waals surface area contributed by atoms with Crippen LogP contribution in [0.15, 0.2) is 91.3 Å². The van der Waals surface area contributed by atoms with E-state index in [9.17, 15) is 9.59 Å². The molecule has 0 spiro atoms. The van der Waals surface area contributed by atoms with Gasteiger partial charge in [0.1, 0.15) is 12.1 Å². The van der Waals surface area contributed by atoms with Crippen molar-refractivity contribution in [2.24, 2.45) is 0 Å². The van der Waals surface area contributed by atoms with Crippen molar-refractivity contribution in [2.75, 3.05) is 17.2 Å². The van der Waals surface area contributed by atoms with E-state index in [1.165, 1.54) is 6.33 Å². The minimum atomic E-state index is -0.346. The van der Waals surface area contributed by atoms with E-state index in [0.717, 1.165) is 16.9 Å². The van der Waals surface area contributed by atoms with Crippen LogP contribution in [-0.4, -0.2) is 28.3 Å². The van der Waals surface area contributed by atoms with Gasteiger partial charge in [0.05, 0.1) is 12.2 Å². The maximum atomic E-state index is 12.2. The average Bonchev–Trinajstić information content (AvgIpc) is 2.85. The van der Waals surface area contributed by atoms with Crippen LogP contribution in [0, 0.1) is 0 Å². The zero-order valence-corrected chi connectivity index (χ0v) is 18.2. The molecule has 0 aliphatic heterocycles. The Morgan fingerprint density at radius 3 is 2.24 bits per heavy atom. The number of benzene rings is 3. The third kappa shape index (κ3) is 6.15. The van der Waals surface area contributed by atoms with Crippen LogP contribution < -0.4 is 16.0 Å². The Morgan fingerprint density at radius 1 is 0.818 bits per heavy atom. The summed E-state index contributed by atoms with van der Waals surface area (Å²) in [6, 6.07) is 25.3. The second-order valence-electron chi connectivity index (χ2n) is 7.09. The van der Waals surface area contributed by atoms with Crippen LogP contribution in [0.3, 0.4) is 0 Å². The highest BCUT2D eigenvalue weighted by atomic mass is 35.5. The van der Waals surface area contributed by atoms with Crippen LogP contribution in [0.1, 0.15) is 10.4 Å². The van der Waals surface area contributed by atoms with Gasteiger partial charge in [0.25, 0.3) is 5.91 Å². The number of carbonyl (C=O) groups is 2. The molecular weight excluding hydrogens is 438 g/mol. The maximum Gasteiger partial charge on any atom is 0.251 e. The standard InChI is InChI=1S/C25H20ClN5O2/c26-19-8-6-18(7-9-19)25(33)27-15-24(32)31-21-12-10-20(11-13-21)30-23-14-22(28-16-29-23)17-4-2-1-3-5-17/h1-14,16H,15H2,(H,27,33)(H,31,32)(H,28,29,30). The van der Waals surface area contributed by atoms with Gasteiger partial charge in [0.15, 0.2) is 0 Å². The topological polar surface area (TPSA) is 96.0 Å². The fraction of sp³-hybridized carbons (Fsp3) is 0.0400. The highest BCUT2D eigenvalue weighted by Crippen LogP contribution is 2.22. The summed E-state index contributed by atoms with van der Waals surface area (Å²) in [5.41, 5.74) is 3.67. The predicted octanol–water partition coefficient (Wildman–Crippen LogP) is 4.91. The first-order valence-electron chi connectivity index (χ1n) is 10.1. The summed E-state index contributed by atoms with van der Waals surface area (Å²) in [5.74, 6) is -0.0204. The van der Waals surface area contributed by atoms with E-state index < -0.39 is 0 Å². The van der Waals surface area contributed by atoms with Crippen molar-refractivity contribution in [3.05, 3.63) is 102 Å². The van der Waals surface area contributed by atoms with Crippen LogP contribution in [0.5, 0.6) is 0 Å². The van der Waals surface area contributed by atoms with Crippen LogP contribution in [0.25, 0.3) is 11.3 Å². The molecule has 0 saturated heterocycles. The molecule has 4 rings (SSSR count). The number of halogens is 1. The Kier molecular flexibility index (Phi) is 6.92. The monoisotopic (exact) mass is 457 g/mol. The molecule has 0 atom stereocenters. The first-order chi connectivity index (χ1) is 16.1. The average molecular weight is 458 g/mol. The number of nitrogens with zero attached hydrogens (tertiary/aromatic N) is 2. The van der Waals surface area contributed by atoms with Gasteiger partial charge in [0.2, 0.25) is 5.91 Å². The molecule has 2 amide bonds. The minimum absolute atomic E-state index is 0.148. The van der Waals surface area contributed by atoms with Gasteiger partial charge in [0, 0.05) is 33.6 Å². The third-order valence-corrected chi connectivity index (χ3v) is 4.95. The van der Waals surface area contributed by atoms with Crippen molar-refractivity contribution < 1.29 is 9.59 Å². The molecule has 3 N–H and O–H groups in total. The van der Waals surface area contributed by atoms with Crippen molar-refractivity contribution in [3.8, 4) is 11.3 Å². The van der Waals surface area contributed by atoms with Gasteiger partial charge < -0.3 is 16.0 Å². The summed E-state index contributed by atoms with van der Waals surface area (Å²) in [6.07, 6.45) is 1.51. The van der Waals surface area contributed by atoms with Crippen LogP contribution in [0.2, 0.25) is 5.02 Å². The fourth-order valence-electron chi connectivity index (χ4n) is 3.05. The lowest BCUT2D eigenvalue weighted by Crippen LogP contribution is -2.32. The smallest absolute Gasteiger partial charge is 0.251 e. The lowest BCUT2D eigenvalue weighted by Gasteiger charge is -2.10. The fourth-order valence-corrected chi connectivity index (χ4v) is 3.17. The van der Waals surface area contributed by atoms with E-state index in [2.05, 4.69) is 25.9 Å². The molecular formula is C25H20ClN5O2. The number of nitrogens with one attached hydrogen (secondary N) is 3. The number of hydrogen-bond acceptors (Lipinski definition) is 5. The van der Waals surface area contributed by atoms with Crippen molar-refractivity contribution >= 4 is 40.6 Å². The summed E-state index contributed by atoms with van der Waals surface area (Å²) in [7, 11) is 0. The summed E-state index contributed by atoms with van der Waals surface area (Å²) in [5, 5.41) is 9.10. The maximum absolute atomic E-state index is 12.2. The van der Waals surface area contributed by atoms with Crippen molar-refractivity contribution in [3.63, 3.8) is 0 Å². The Morgan fingerprint density at radius 2 is 1.52 bits per heavy atom. The lowest BCUT2D eigenvalue weighted by atomic mass is 10.1. The summed E-state index contributed by atoms with van der Waals surface area (Å²) >= 11 is 5.82. The highest BCUT2D eigenvalue weighted by Gasteiger charge is 2.09. The molecule has 33 heavy (non-hydrogen) atoms. The van der Waals surface area contributed by atoms with Crippen LogP contribution in [0.4, 0.5) is 17.2 Å². The molecule has 3 aromatic carbocycles. The predicted molar refractivity (Wildman–Crippen MR) is 130 cm³/mol. The van der Waals surface area contributed by atoms with Gasteiger partial charge in [-0.3, -0.25) is 9.59 Å². The van der Waals surface area contributed by atoms with Gasteiger partial charge in [-0.05, 0) is 48.5 Å². The van der Waals surface area contributed by atoms with E-state index in [1.807, 2.05) is 48.5 Å². The van der Waals surface area contributed by atoms with E-state index >= 15 is 0 Å². The second kappa shape index (κ2) is 10.4. The van der Waals surface area contributed by atoms with Gasteiger partial charge in [-0.15, -0.1) is 0 Å². The molecule has 1 aromatic heterocycles. The molecule has 0 aliphatic carbocycles. The summed E-state index contributed by atoms with van der Waals surface area (Å²) in [4.78, 5) is 32.8. The molecule has 1 heterocycles. The molecule has 0 unspecified atom stereocenters. The van der Waals surface area contributed by atoms with Gasteiger partial charge in [-0.25, -0.2) is 9.97 Å². The largest absolute Gasteiger partial charge is 0.343 e. The SMILES string of the molecule is O=C(CNC(=O)c1ccc(Cl)cc1)Nc1ccc(Nc2cc(-c3ccccc3)ncn2)cc1. The van der Waals surface area contributed by atoms with Gasteiger partial charge >= 0.3 is 0 Å². The molecule has 8 heteroatoms. The van der Waals surface area contributed by atoms with Crippen molar-refractivity contribution in [2.45, 2.75) is 0 Å². The second-order valence-corrected chi connectivity index (χ2v) is 7.53. The van der Waals surface area contributed by atoms with E-state index in [0.29, 0.717) is 22.1 Å². The van der Waals surface area contributed by atoms with Crippen molar-refractivity contribution in [1.82, 2.24) is 15.3 Å². The quantitative estimate of drug-likeness (QED) is 0.366. The Labute approximate surface area is 195 Å². The number of rotatable bonds is 7. The zero-order valence-electron chi connectivity index (χ0n) is 17.5. The number of hydrogen-bond donors (Lipinski definition) is 3. The van der Waals surface area contributed by atoms with Crippen LogP contribution >= 0.6 is 11.6 Å². The number of carbonyl (C=O) groups excluding carboxylic acids is 2. The van der Waals surface area contributed by atoms with E-state index in [1.54, 1.807) is 36.4 Å². The van der Waals surface area contributed by atoms with Crippen molar-refractivity contribution in [1.29, 1.82) is 0 Å². The Bertz CT molecular complexity index is 1250. The van der Waals surface area contributed by atoms with Gasteiger partial charge in [-0.1, -0.05) is 41.9 Å². The first kappa shape index (κ1) is 22.0. The summed E-state index contributed by atoms with van der Waals surface area (Å²) < 4.78 is 0. The number of anilines is 3. The molecule has 7 nitrogen and oxygen atoms in total. The van der Waals surface area contributed by atoms with E-state index in [-0.39, 0.29) is 18.4 Å². The first-order valence-corrected chi connectivity index (χ1v) is 10.5. The lowest BCUT2D eigenvalue weighted by molar-refractivity contribution is -0.115. The molecule has 4 aromatic rings. The Balaban J connectivity index is 1.31. The molecule has 0 radical (unpaired) electrons. The number of aromatic nitrogens is 2. The molecule has 0 saturated carbocycles. The van der Waals surface area contributed by atoms with Crippen LogP contribution in [-0.2, 0) is 4.79 Å². The normalized spacial score (nSPS) is 10.3. The van der Waals surface area contributed by atoms with Gasteiger partial charge in [-0.2, -0.15) is 0 Å². The minimum Gasteiger partial charge on any atom is -0.343 e. The van der Waals surface area contributed by atoms with E-state index in [4.69, 9.17) is 11.6 Å².